The monoisotopic (exact) mass is 515 g/mol. The maximum atomic E-state index is 6.29. The Morgan fingerprint density at radius 2 is 1.91 bits per heavy atom. The zero-order valence-electron chi connectivity index (χ0n) is 20.3. The van der Waals surface area contributed by atoms with E-state index in [1.165, 1.54) is 5.69 Å². The molecule has 0 bridgehead atoms. The molecule has 1 aliphatic heterocycles. The Bertz CT molecular complexity index is 1290. The van der Waals surface area contributed by atoms with E-state index >= 15 is 0 Å². The Kier molecular flexibility index (Phi) is 7.89. The number of H-pyrrole nitrogens is 1. The van der Waals surface area contributed by atoms with Crippen molar-refractivity contribution in [2.75, 3.05) is 37.8 Å². The summed E-state index contributed by atoms with van der Waals surface area (Å²) in [4.78, 5) is 10.6. The maximum Gasteiger partial charge on any atom is 0.159 e. The lowest BCUT2D eigenvalue weighted by atomic mass is 10.2. The molecule has 0 atom stereocenters. The molecule has 5 rings (SSSR count). The van der Waals surface area contributed by atoms with E-state index in [-0.39, 0.29) is 12.4 Å². The maximum absolute atomic E-state index is 6.29. The number of morpholine rings is 1. The number of fused-ring (bicyclic) bond motifs is 1. The molecule has 35 heavy (non-hydrogen) atoms. The van der Waals surface area contributed by atoms with Gasteiger partial charge < -0.3 is 19.4 Å². The molecule has 0 spiro atoms. The number of aromatic amines is 1. The molecule has 7 nitrogen and oxygen atoms in total. The van der Waals surface area contributed by atoms with Crippen molar-refractivity contribution < 1.29 is 9.47 Å². The van der Waals surface area contributed by atoms with Gasteiger partial charge in [0.1, 0.15) is 11.4 Å². The fourth-order valence-electron chi connectivity index (χ4n) is 4.15. The van der Waals surface area contributed by atoms with Gasteiger partial charge in [-0.2, -0.15) is 5.10 Å². The van der Waals surface area contributed by atoms with Gasteiger partial charge in [0.2, 0.25) is 0 Å². The van der Waals surface area contributed by atoms with Crippen LogP contribution in [0.15, 0.2) is 42.5 Å². The number of nitrogens with zero attached hydrogens (tertiary/aromatic N) is 4. The molecule has 2 aromatic carbocycles. The second kappa shape index (κ2) is 10.9. The molecule has 186 valence electrons. The molecule has 0 radical (unpaired) electrons. The van der Waals surface area contributed by atoms with Crippen molar-refractivity contribution >= 4 is 40.7 Å². The van der Waals surface area contributed by atoms with E-state index in [0.717, 1.165) is 65.9 Å². The van der Waals surface area contributed by atoms with Gasteiger partial charge in [0.25, 0.3) is 0 Å². The fourth-order valence-corrected chi connectivity index (χ4v) is 4.35. The number of nitrogens with one attached hydrogen (secondary N) is 1. The van der Waals surface area contributed by atoms with Gasteiger partial charge in [0.15, 0.2) is 5.82 Å². The van der Waals surface area contributed by atoms with Crippen molar-refractivity contribution in [2.24, 2.45) is 5.92 Å². The summed E-state index contributed by atoms with van der Waals surface area (Å²) in [6.45, 7) is 10.9. The molecular formula is C26H31Cl2N5O2. The second-order valence-electron chi connectivity index (χ2n) is 9.17. The number of hydrogen-bond acceptors (Lipinski definition) is 5. The summed E-state index contributed by atoms with van der Waals surface area (Å²) in [5.74, 6) is 2.05. The summed E-state index contributed by atoms with van der Waals surface area (Å²) in [5.41, 5.74) is 5.98. The van der Waals surface area contributed by atoms with E-state index in [1.807, 2.05) is 22.9 Å². The van der Waals surface area contributed by atoms with Crippen LogP contribution in [0.3, 0.4) is 0 Å². The number of ether oxygens (including phenoxy) is 2. The van der Waals surface area contributed by atoms with Crippen LogP contribution in [-0.2, 0) is 11.3 Å². The molecular weight excluding hydrogens is 485 g/mol. The number of anilines is 1. The highest BCUT2D eigenvalue weighted by atomic mass is 35.5. The molecule has 4 aromatic rings. The smallest absolute Gasteiger partial charge is 0.159 e. The molecule has 0 amide bonds. The second-order valence-corrected chi connectivity index (χ2v) is 9.61. The van der Waals surface area contributed by atoms with E-state index in [1.54, 1.807) is 0 Å². The van der Waals surface area contributed by atoms with Crippen LogP contribution in [0.1, 0.15) is 25.1 Å². The minimum Gasteiger partial charge on any atom is -0.493 e. The van der Waals surface area contributed by atoms with Crippen LogP contribution < -0.4 is 9.64 Å². The van der Waals surface area contributed by atoms with Crippen molar-refractivity contribution in [3.8, 4) is 17.3 Å². The van der Waals surface area contributed by atoms with E-state index < -0.39 is 0 Å². The third-order valence-corrected chi connectivity index (χ3v) is 6.22. The summed E-state index contributed by atoms with van der Waals surface area (Å²) >= 11 is 6.29. The van der Waals surface area contributed by atoms with Crippen LogP contribution in [0, 0.1) is 12.8 Å². The minimum absolute atomic E-state index is 0. The molecule has 1 saturated heterocycles. The zero-order valence-corrected chi connectivity index (χ0v) is 21.8. The normalized spacial score (nSPS) is 13.9. The van der Waals surface area contributed by atoms with E-state index in [4.69, 9.17) is 31.2 Å². The van der Waals surface area contributed by atoms with Gasteiger partial charge in [0.05, 0.1) is 37.4 Å². The van der Waals surface area contributed by atoms with E-state index in [0.29, 0.717) is 24.1 Å². The molecule has 1 fully saturated rings. The van der Waals surface area contributed by atoms with Crippen molar-refractivity contribution in [1.29, 1.82) is 0 Å². The van der Waals surface area contributed by atoms with Crippen LogP contribution >= 0.6 is 24.0 Å². The molecule has 2 aromatic heterocycles. The first-order valence-electron chi connectivity index (χ1n) is 11.7. The average Bonchev–Trinajstić information content (AvgIpc) is 3.42. The highest BCUT2D eigenvalue weighted by molar-refractivity contribution is 6.30. The lowest BCUT2D eigenvalue weighted by Crippen LogP contribution is -2.36. The topological polar surface area (TPSA) is 68.2 Å². The Hall–Kier alpha value is -2.74. The van der Waals surface area contributed by atoms with Crippen LogP contribution in [0.4, 0.5) is 5.69 Å². The van der Waals surface area contributed by atoms with Crippen molar-refractivity contribution in [1.82, 2.24) is 19.7 Å². The summed E-state index contributed by atoms with van der Waals surface area (Å²) in [5, 5.41) is 5.53. The number of aryl methyl sites for hydroxylation is 1. The zero-order chi connectivity index (χ0) is 23.7. The molecule has 0 unspecified atom stereocenters. The SMILES string of the molecule is Cc1cc(-c2nc3ccc(N4CCOCC4)cc3[nH]2)nn1Cc1cc(Cl)ccc1OCC(C)C.Cl. The van der Waals surface area contributed by atoms with Crippen LogP contribution in [-0.4, -0.2) is 52.7 Å². The third kappa shape index (κ3) is 5.74. The van der Waals surface area contributed by atoms with Crippen LogP contribution in [0.2, 0.25) is 5.02 Å². The summed E-state index contributed by atoms with van der Waals surface area (Å²) < 4.78 is 13.5. The number of halogens is 2. The number of imidazole rings is 1. The first-order valence-corrected chi connectivity index (χ1v) is 12.1. The van der Waals surface area contributed by atoms with Crippen molar-refractivity contribution in [3.05, 3.63) is 58.7 Å². The van der Waals surface area contributed by atoms with Gasteiger partial charge in [-0.05, 0) is 55.3 Å². The molecule has 3 heterocycles. The standard InChI is InChI=1S/C26H30ClN5O2.ClH/c1-17(2)16-34-25-7-4-20(27)13-19(25)15-32-18(3)12-24(30-32)26-28-22-6-5-21(14-23(22)29-26)31-8-10-33-11-9-31;/h4-7,12-14,17H,8-11,15-16H2,1-3H3,(H,28,29);1H. The third-order valence-electron chi connectivity index (χ3n) is 5.98. The fraction of sp³-hybridized carbons (Fsp3) is 0.385. The summed E-state index contributed by atoms with van der Waals surface area (Å²) in [6.07, 6.45) is 0. The minimum atomic E-state index is 0. The number of aromatic nitrogens is 4. The average molecular weight is 516 g/mol. The predicted octanol–water partition coefficient (Wildman–Crippen LogP) is 5.73. The van der Waals surface area contributed by atoms with Gasteiger partial charge in [-0.25, -0.2) is 4.98 Å². The predicted molar refractivity (Wildman–Crippen MR) is 143 cm³/mol. The van der Waals surface area contributed by atoms with Crippen molar-refractivity contribution in [2.45, 2.75) is 27.3 Å². The summed E-state index contributed by atoms with van der Waals surface area (Å²) in [6, 6.07) is 14.2. The highest BCUT2D eigenvalue weighted by Gasteiger charge is 2.16. The Morgan fingerprint density at radius 3 is 2.69 bits per heavy atom. The Labute approximate surface area is 216 Å². The van der Waals surface area contributed by atoms with E-state index in [9.17, 15) is 0 Å². The molecule has 0 saturated carbocycles. The largest absolute Gasteiger partial charge is 0.493 e. The van der Waals surface area contributed by atoms with E-state index in [2.05, 4.69) is 54.9 Å². The Morgan fingerprint density at radius 1 is 1.11 bits per heavy atom. The first kappa shape index (κ1) is 25.4. The van der Waals surface area contributed by atoms with Gasteiger partial charge in [-0.3, -0.25) is 4.68 Å². The number of benzene rings is 2. The molecule has 9 heteroatoms. The lowest BCUT2D eigenvalue weighted by Gasteiger charge is -2.28. The Balaban J connectivity index is 0.00000289. The van der Waals surface area contributed by atoms with Crippen molar-refractivity contribution in [3.63, 3.8) is 0 Å². The van der Waals surface area contributed by atoms with Crippen LogP contribution in [0.25, 0.3) is 22.6 Å². The van der Waals surface area contributed by atoms with Crippen LogP contribution in [0.5, 0.6) is 5.75 Å². The molecule has 0 aliphatic carbocycles. The highest BCUT2D eigenvalue weighted by Crippen LogP contribution is 2.27. The number of rotatable bonds is 7. The first-order chi connectivity index (χ1) is 16.5. The van der Waals surface area contributed by atoms with Gasteiger partial charge in [-0.1, -0.05) is 25.4 Å². The quantitative estimate of drug-likeness (QED) is 0.340. The summed E-state index contributed by atoms with van der Waals surface area (Å²) in [7, 11) is 0. The molecule has 1 N–H and O–H groups in total. The molecule has 1 aliphatic rings. The lowest BCUT2D eigenvalue weighted by molar-refractivity contribution is 0.122. The van der Waals surface area contributed by atoms with Gasteiger partial charge in [-0.15, -0.1) is 12.4 Å². The van der Waals surface area contributed by atoms with Gasteiger partial charge in [0, 0.05) is 35.1 Å². The van der Waals surface area contributed by atoms with Gasteiger partial charge >= 0.3 is 0 Å². The number of hydrogen-bond donors (Lipinski definition) is 1.